The van der Waals surface area contributed by atoms with E-state index in [0.29, 0.717) is 45.9 Å². The summed E-state index contributed by atoms with van der Waals surface area (Å²) in [5, 5.41) is 0. The topological polar surface area (TPSA) is 119 Å². The van der Waals surface area contributed by atoms with Crippen LogP contribution in [-0.4, -0.2) is 115 Å². The van der Waals surface area contributed by atoms with E-state index in [4.69, 9.17) is 39.9 Å². The van der Waals surface area contributed by atoms with E-state index >= 15 is 0 Å². The van der Waals surface area contributed by atoms with Crippen molar-refractivity contribution < 1.29 is 0 Å². The largest absolute Gasteiger partial charge is 2.00 e. The van der Waals surface area contributed by atoms with Gasteiger partial charge in [-0.15, -0.1) is 0 Å². The molecular formula is C36H44MgN12. The van der Waals surface area contributed by atoms with Gasteiger partial charge in [-0.1, -0.05) is 0 Å². The van der Waals surface area contributed by atoms with Gasteiger partial charge in [-0.2, -0.15) is 0 Å². The summed E-state index contributed by atoms with van der Waals surface area (Å²) in [5.41, 5.74) is 6.64. The standard InChI is InChI=1S/C36H44N12.Mg/c1-5-13-45(14-6-1)25-21-29-37-33(25)41-30-22-26(46-15-7-2-8-16-46)35(38-30)43-32-24-28(48-19-11-4-12-20-48)36(40-32)44-31-23-27(34(39-31)42-29)47-17-9-3-10-18-47;/h21-24H,1-20H2;/q-2;+2. The Bertz CT molecular complexity index is 1890. The number of hydrogen-bond acceptors (Lipinski definition) is 10. The molecule has 9 rings (SSSR count). The third-order valence-electron chi connectivity index (χ3n) is 10.5. The number of likely N-dealkylation sites (tertiary alicyclic amines) is 2. The van der Waals surface area contributed by atoms with Gasteiger partial charge in [-0.3, -0.25) is 0 Å². The van der Waals surface area contributed by atoms with Crippen LogP contribution in [0.4, 0.5) is 11.4 Å². The molecule has 6 aliphatic rings. The first-order valence-electron chi connectivity index (χ1n) is 18.3. The minimum Gasteiger partial charge on any atom is -0.371 e. The van der Waals surface area contributed by atoms with Gasteiger partial charge >= 0.3 is 23.1 Å². The molecule has 0 atom stereocenters. The van der Waals surface area contributed by atoms with Gasteiger partial charge in [0.15, 0.2) is 11.6 Å². The van der Waals surface area contributed by atoms with Crippen molar-refractivity contribution >= 4 is 80.6 Å². The van der Waals surface area contributed by atoms with Crippen molar-refractivity contribution in [3.63, 3.8) is 0 Å². The normalized spacial score (nSPS) is 20.2. The molecule has 4 fully saturated rings. The number of hydrogen-bond donors (Lipinski definition) is 0. The van der Waals surface area contributed by atoms with Crippen molar-refractivity contribution in [1.82, 2.24) is 49.7 Å². The molecule has 0 radical (unpaired) electrons. The first kappa shape index (κ1) is 32.5. The van der Waals surface area contributed by atoms with E-state index in [1.54, 1.807) is 0 Å². The first-order chi connectivity index (χ1) is 23.7. The second-order valence-electron chi connectivity index (χ2n) is 13.9. The van der Waals surface area contributed by atoms with E-state index in [1.165, 1.54) is 25.7 Å². The van der Waals surface area contributed by atoms with Gasteiger partial charge in [-0.05, 0) is 95.3 Å². The zero-order chi connectivity index (χ0) is 31.9. The maximum atomic E-state index is 5.12. The van der Waals surface area contributed by atoms with E-state index in [0.717, 1.165) is 126 Å². The predicted molar refractivity (Wildman–Crippen MR) is 195 cm³/mol. The molecule has 0 amide bonds. The van der Waals surface area contributed by atoms with Crippen molar-refractivity contribution in [3.8, 4) is 0 Å². The molecule has 0 aromatic carbocycles. The zero-order valence-electron chi connectivity index (χ0n) is 28.5. The number of fused-ring (bicyclic) bond motifs is 8. The van der Waals surface area contributed by atoms with Gasteiger partial charge in [0.2, 0.25) is 0 Å². The number of rotatable bonds is 4. The average molecular weight is 669 g/mol. The van der Waals surface area contributed by atoms with Crippen LogP contribution in [0.1, 0.15) is 100 Å². The van der Waals surface area contributed by atoms with Gasteiger partial charge in [0.05, 0.1) is 28.6 Å². The van der Waals surface area contributed by atoms with E-state index in [1.807, 2.05) is 0 Å². The molecule has 0 saturated carbocycles. The van der Waals surface area contributed by atoms with E-state index < -0.39 is 0 Å². The summed E-state index contributed by atoms with van der Waals surface area (Å²) in [6.07, 6.45) is 18.5. The van der Waals surface area contributed by atoms with E-state index in [9.17, 15) is 0 Å². The van der Waals surface area contributed by atoms with Crippen LogP contribution < -0.4 is 19.8 Å². The third kappa shape index (κ3) is 6.75. The molecule has 3 aromatic rings. The van der Waals surface area contributed by atoms with Gasteiger partial charge in [0, 0.05) is 81.0 Å². The molecule has 13 heteroatoms. The third-order valence-corrected chi connectivity index (χ3v) is 10.5. The van der Waals surface area contributed by atoms with Crippen molar-refractivity contribution in [2.24, 2.45) is 0 Å². The van der Waals surface area contributed by atoms with Gasteiger partial charge in [0.25, 0.3) is 0 Å². The Morgan fingerprint density at radius 1 is 0.408 bits per heavy atom. The molecule has 3 aromatic heterocycles. The molecular weight excluding hydrogens is 625 g/mol. The summed E-state index contributed by atoms with van der Waals surface area (Å²) in [7, 11) is 0. The Hall–Kier alpha value is -3.71. The van der Waals surface area contributed by atoms with Crippen molar-refractivity contribution in [2.45, 2.75) is 77.0 Å². The molecule has 0 N–H and O–H groups in total. The van der Waals surface area contributed by atoms with E-state index in [2.05, 4.69) is 43.9 Å². The molecule has 12 nitrogen and oxygen atoms in total. The Kier molecular flexibility index (Phi) is 9.45. The second kappa shape index (κ2) is 14.3. The Labute approximate surface area is 303 Å². The molecule has 49 heavy (non-hydrogen) atoms. The number of piperidine rings is 4. The number of aromatic nitrogens is 8. The molecule has 0 spiro atoms. The van der Waals surface area contributed by atoms with Crippen LogP contribution in [0, 0.1) is 0 Å². The Morgan fingerprint density at radius 3 is 1.24 bits per heavy atom. The van der Waals surface area contributed by atoms with Crippen LogP contribution >= 0.6 is 0 Å². The number of nitrogens with zero attached hydrogens (tertiary/aromatic N) is 12. The summed E-state index contributed by atoms with van der Waals surface area (Å²) in [4.78, 5) is 50.2. The molecule has 9 heterocycles. The smallest absolute Gasteiger partial charge is 0.371 e. The molecule has 0 unspecified atom stereocenters. The zero-order valence-corrected chi connectivity index (χ0v) is 29.9. The monoisotopic (exact) mass is 668 g/mol. The maximum Gasteiger partial charge on any atom is 2.00 e. The van der Waals surface area contributed by atoms with Crippen LogP contribution in [0.3, 0.4) is 0 Å². The maximum absolute atomic E-state index is 5.12. The summed E-state index contributed by atoms with van der Waals surface area (Å²) in [6, 6.07) is 4.18. The summed E-state index contributed by atoms with van der Waals surface area (Å²) >= 11 is 0. The summed E-state index contributed by atoms with van der Waals surface area (Å²) in [6.45, 7) is 7.91. The van der Waals surface area contributed by atoms with E-state index in [-0.39, 0.29) is 23.1 Å². The minimum atomic E-state index is 0. The van der Waals surface area contributed by atoms with Gasteiger partial charge in [0.1, 0.15) is 5.82 Å². The average Bonchev–Trinajstić information content (AvgIpc) is 3.92. The SMILES string of the molecule is C1=C(N2CCCCC2)c2nc3nc(nc4cc(N5CCCCC5)c(nc5cc(N6CCCCC6)c(nc1n2)[n-]5)[n-]4)C(N1CCCCC1)=C3.[Mg+2]. The summed E-state index contributed by atoms with van der Waals surface area (Å²) in [5.74, 6) is 2.57. The molecule has 6 aliphatic heterocycles. The Balaban J connectivity index is 0.00000348. The van der Waals surface area contributed by atoms with Crippen molar-refractivity contribution in [3.05, 3.63) is 35.4 Å². The first-order valence-corrected chi connectivity index (χ1v) is 18.3. The fraction of sp³-hybridized carbons (Fsp3) is 0.556. The van der Waals surface area contributed by atoms with Gasteiger partial charge in [-0.25, -0.2) is 15.0 Å². The van der Waals surface area contributed by atoms with Crippen LogP contribution in [-0.2, 0) is 0 Å². The molecule has 0 aliphatic carbocycles. The Morgan fingerprint density at radius 2 is 0.776 bits per heavy atom. The van der Waals surface area contributed by atoms with Crippen LogP contribution in [0.5, 0.6) is 0 Å². The fourth-order valence-corrected chi connectivity index (χ4v) is 8.00. The molecule has 8 bridgehead atoms. The quantitative estimate of drug-likeness (QED) is 0.358. The molecule has 4 saturated heterocycles. The summed E-state index contributed by atoms with van der Waals surface area (Å²) < 4.78 is 0. The fourth-order valence-electron chi connectivity index (χ4n) is 8.00. The van der Waals surface area contributed by atoms with Gasteiger partial charge < -0.3 is 44.5 Å². The molecule has 250 valence electrons. The van der Waals surface area contributed by atoms with Crippen LogP contribution in [0.15, 0.2) is 12.1 Å². The number of anilines is 2. The van der Waals surface area contributed by atoms with Crippen LogP contribution in [0.2, 0.25) is 0 Å². The predicted octanol–water partition coefficient (Wildman–Crippen LogP) is 4.72. The van der Waals surface area contributed by atoms with Crippen molar-refractivity contribution in [1.29, 1.82) is 0 Å². The van der Waals surface area contributed by atoms with Crippen LogP contribution in [0.25, 0.3) is 46.1 Å². The minimum absolute atomic E-state index is 0. The van der Waals surface area contributed by atoms with Crippen molar-refractivity contribution in [2.75, 3.05) is 62.2 Å². The second-order valence-corrected chi connectivity index (χ2v) is 13.9.